The molecule has 0 saturated carbocycles. The second-order valence-electron chi connectivity index (χ2n) is 5.53. The molecule has 2 N–H and O–H groups in total. The summed E-state index contributed by atoms with van der Waals surface area (Å²) < 4.78 is 0. The van der Waals surface area contributed by atoms with Crippen LogP contribution in [0.25, 0.3) is 0 Å². The Hall–Kier alpha value is -0.300. The van der Waals surface area contributed by atoms with Gasteiger partial charge in [-0.05, 0) is 31.6 Å². The Morgan fingerprint density at radius 2 is 1.81 bits per heavy atom. The molecule has 0 aromatic heterocycles. The van der Waals surface area contributed by atoms with Crippen LogP contribution in [0.5, 0.6) is 0 Å². The van der Waals surface area contributed by atoms with E-state index in [4.69, 9.17) is 5.73 Å². The highest BCUT2D eigenvalue weighted by atomic mass is 14.6. The van der Waals surface area contributed by atoms with Crippen LogP contribution in [0.15, 0.2) is 11.6 Å². The lowest BCUT2D eigenvalue weighted by Gasteiger charge is -2.16. The van der Waals surface area contributed by atoms with Gasteiger partial charge in [-0.25, -0.2) is 0 Å². The van der Waals surface area contributed by atoms with Gasteiger partial charge in [0, 0.05) is 6.04 Å². The van der Waals surface area contributed by atoms with Crippen LogP contribution < -0.4 is 5.73 Å². The lowest BCUT2D eigenvalue weighted by Crippen LogP contribution is -2.22. The van der Waals surface area contributed by atoms with Gasteiger partial charge >= 0.3 is 0 Å². The van der Waals surface area contributed by atoms with Crippen LogP contribution in [0.2, 0.25) is 0 Å². The quantitative estimate of drug-likeness (QED) is 0.477. The topological polar surface area (TPSA) is 26.0 Å². The summed E-state index contributed by atoms with van der Waals surface area (Å²) in [5, 5.41) is 0. The molecular formula is C15H31N. The van der Waals surface area contributed by atoms with Gasteiger partial charge in [0.25, 0.3) is 0 Å². The molecular weight excluding hydrogens is 194 g/mol. The third-order valence-corrected chi connectivity index (χ3v) is 3.31. The van der Waals surface area contributed by atoms with Gasteiger partial charge < -0.3 is 5.73 Å². The zero-order valence-corrected chi connectivity index (χ0v) is 11.9. The van der Waals surface area contributed by atoms with Crippen LogP contribution in [-0.4, -0.2) is 6.04 Å². The van der Waals surface area contributed by atoms with Crippen molar-refractivity contribution in [2.75, 3.05) is 0 Å². The first-order valence-electron chi connectivity index (χ1n) is 6.91. The molecule has 0 rings (SSSR count). The van der Waals surface area contributed by atoms with Gasteiger partial charge in [-0.3, -0.25) is 0 Å². The van der Waals surface area contributed by atoms with Crippen LogP contribution in [0.1, 0.15) is 66.7 Å². The molecule has 2 atom stereocenters. The number of unbranched alkanes of at least 4 members (excludes halogenated alkanes) is 2. The summed E-state index contributed by atoms with van der Waals surface area (Å²) in [7, 11) is 0. The maximum absolute atomic E-state index is 6.14. The smallest absolute Gasteiger partial charge is 0.00443 e. The largest absolute Gasteiger partial charge is 0.328 e. The van der Waals surface area contributed by atoms with Crippen LogP contribution in [-0.2, 0) is 0 Å². The molecule has 0 saturated heterocycles. The van der Waals surface area contributed by atoms with Crippen molar-refractivity contribution in [3.05, 3.63) is 11.6 Å². The minimum atomic E-state index is 0.387. The maximum atomic E-state index is 6.14. The Bertz CT molecular complexity index is 194. The van der Waals surface area contributed by atoms with Crippen LogP contribution >= 0.6 is 0 Å². The summed E-state index contributed by atoms with van der Waals surface area (Å²) in [5.41, 5.74) is 7.63. The van der Waals surface area contributed by atoms with Crippen molar-refractivity contribution in [1.82, 2.24) is 0 Å². The number of hydrogen-bond acceptors (Lipinski definition) is 1. The molecule has 1 nitrogen and oxygen atoms in total. The zero-order chi connectivity index (χ0) is 12.6. The van der Waals surface area contributed by atoms with Crippen molar-refractivity contribution in [1.29, 1.82) is 0 Å². The monoisotopic (exact) mass is 225 g/mol. The Morgan fingerprint density at radius 3 is 2.31 bits per heavy atom. The standard InChI is InChI=1S/C15H31N/c1-6-7-8-9-15(16)11-13(4)10-14(5)12(2)3/h10,12-13,15H,6-9,11,16H2,1-5H3. The van der Waals surface area contributed by atoms with E-state index in [9.17, 15) is 0 Å². The SMILES string of the molecule is CCCCCC(N)CC(C)C=C(C)C(C)C. The molecule has 0 fully saturated rings. The van der Waals surface area contributed by atoms with Gasteiger partial charge in [0.15, 0.2) is 0 Å². The maximum Gasteiger partial charge on any atom is 0.00443 e. The predicted molar refractivity (Wildman–Crippen MR) is 74.5 cm³/mol. The average molecular weight is 225 g/mol. The molecule has 0 aliphatic rings. The van der Waals surface area contributed by atoms with Gasteiger partial charge in [-0.1, -0.05) is 58.6 Å². The van der Waals surface area contributed by atoms with Gasteiger partial charge in [0.2, 0.25) is 0 Å². The lowest BCUT2D eigenvalue weighted by molar-refractivity contribution is 0.478. The van der Waals surface area contributed by atoms with Crippen molar-refractivity contribution in [3.8, 4) is 0 Å². The third-order valence-electron chi connectivity index (χ3n) is 3.31. The van der Waals surface area contributed by atoms with Crippen molar-refractivity contribution in [2.45, 2.75) is 72.8 Å². The molecule has 96 valence electrons. The number of nitrogens with two attached hydrogens (primary N) is 1. The number of hydrogen-bond donors (Lipinski definition) is 1. The Labute approximate surface area is 102 Å². The first-order valence-corrected chi connectivity index (χ1v) is 6.91. The predicted octanol–water partition coefficient (Wildman–Crippen LogP) is 4.52. The molecule has 0 amide bonds. The first-order chi connectivity index (χ1) is 7.47. The Morgan fingerprint density at radius 1 is 1.19 bits per heavy atom. The fraction of sp³-hybridized carbons (Fsp3) is 0.867. The van der Waals surface area contributed by atoms with Gasteiger partial charge in [-0.2, -0.15) is 0 Å². The highest BCUT2D eigenvalue weighted by Crippen LogP contribution is 2.16. The second-order valence-corrected chi connectivity index (χ2v) is 5.53. The van der Waals surface area contributed by atoms with Gasteiger partial charge in [0.1, 0.15) is 0 Å². The fourth-order valence-electron chi connectivity index (χ4n) is 1.96. The number of allylic oxidation sites excluding steroid dienone is 2. The van der Waals surface area contributed by atoms with Crippen molar-refractivity contribution < 1.29 is 0 Å². The minimum absolute atomic E-state index is 0.387. The van der Waals surface area contributed by atoms with E-state index in [1.165, 1.54) is 31.3 Å². The van der Waals surface area contributed by atoms with Crippen molar-refractivity contribution in [2.24, 2.45) is 17.6 Å². The molecule has 0 aromatic carbocycles. The van der Waals surface area contributed by atoms with E-state index in [1.807, 2.05) is 0 Å². The highest BCUT2D eigenvalue weighted by molar-refractivity contribution is 5.03. The van der Waals surface area contributed by atoms with E-state index in [-0.39, 0.29) is 0 Å². The fourth-order valence-corrected chi connectivity index (χ4v) is 1.96. The lowest BCUT2D eigenvalue weighted by atomic mass is 9.94. The molecule has 0 spiro atoms. The molecule has 0 aromatic rings. The van der Waals surface area contributed by atoms with E-state index in [0.29, 0.717) is 17.9 Å². The van der Waals surface area contributed by atoms with E-state index in [0.717, 1.165) is 6.42 Å². The zero-order valence-electron chi connectivity index (χ0n) is 11.9. The summed E-state index contributed by atoms with van der Waals surface area (Å²) in [5.74, 6) is 1.29. The summed E-state index contributed by atoms with van der Waals surface area (Å²) in [6.45, 7) is 11.2. The van der Waals surface area contributed by atoms with Crippen LogP contribution in [0.4, 0.5) is 0 Å². The normalized spacial score (nSPS) is 16.6. The molecule has 16 heavy (non-hydrogen) atoms. The van der Waals surface area contributed by atoms with Crippen molar-refractivity contribution in [3.63, 3.8) is 0 Å². The van der Waals surface area contributed by atoms with Crippen LogP contribution in [0, 0.1) is 11.8 Å². The molecule has 0 aliphatic carbocycles. The summed E-state index contributed by atoms with van der Waals surface area (Å²) >= 11 is 0. The summed E-state index contributed by atoms with van der Waals surface area (Å²) in [6.07, 6.45) is 8.61. The first kappa shape index (κ1) is 15.7. The molecule has 1 heteroatoms. The second kappa shape index (κ2) is 8.81. The minimum Gasteiger partial charge on any atom is -0.328 e. The highest BCUT2D eigenvalue weighted by Gasteiger charge is 2.08. The number of rotatable bonds is 8. The molecule has 2 unspecified atom stereocenters. The molecule has 0 heterocycles. The Balaban J connectivity index is 3.85. The van der Waals surface area contributed by atoms with E-state index in [2.05, 4.69) is 40.7 Å². The van der Waals surface area contributed by atoms with Gasteiger partial charge in [0.05, 0.1) is 0 Å². The average Bonchev–Trinajstić information content (AvgIpc) is 2.17. The Kier molecular flexibility index (Phi) is 8.64. The summed E-state index contributed by atoms with van der Waals surface area (Å²) in [4.78, 5) is 0. The van der Waals surface area contributed by atoms with E-state index in [1.54, 1.807) is 0 Å². The van der Waals surface area contributed by atoms with Crippen LogP contribution in [0.3, 0.4) is 0 Å². The molecule has 0 bridgehead atoms. The van der Waals surface area contributed by atoms with E-state index >= 15 is 0 Å². The van der Waals surface area contributed by atoms with Crippen molar-refractivity contribution >= 4 is 0 Å². The third kappa shape index (κ3) is 7.92. The van der Waals surface area contributed by atoms with E-state index < -0.39 is 0 Å². The van der Waals surface area contributed by atoms with Gasteiger partial charge in [-0.15, -0.1) is 0 Å². The molecule has 0 aliphatic heterocycles. The molecule has 0 radical (unpaired) electrons. The summed E-state index contributed by atoms with van der Waals surface area (Å²) in [6, 6.07) is 0.387.